The third-order valence-electron chi connectivity index (χ3n) is 3.14. The Morgan fingerprint density at radius 3 is 2.26 bits per heavy atom. The normalized spacial score (nSPS) is 11.1. The van der Waals surface area contributed by atoms with Crippen LogP contribution in [0.25, 0.3) is 0 Å². The molecule has 0 heterocycles. The van der Waals surface area contributed by atoms with Crippen LogP contribution in [0.15, 0.2) is 29.2 Å². The molecule has 0 aliphatic rings. The molecule has 8 heteroatoms. The molecule has 0 bridgehead atoms. The fourth-order valence-corrected chi connectivity index (χ4v) is 2.79. The molecule has 132 valence electrons. The number of nitrogens with one attached hydrogen (secondary N) is 2. The quantitative estimate of drug-likeness (QED) is 0.644. The number of ether oxygens (including phenoxy) is 1. The fourth-order valence-electron chi connectivity index (χ4n) is 1.73. The molecular formula is C15H25ClN2O4S. The van der Waals surface area contributed by atoms with Crippen molar-refractivity contribution in [1.82, 2.24) is 10.6 Å². The molecule has 1 aromatic rings. The van der Waals surface area contributed by atoms with Crippen LogP contribution in [-0.2, 0) is 14.6 Å². The number of sulfone groups is 1. The summed E-state index contributed by atoms with van der Waals surface area (Å²) < 4.78 is 28.9. The second-order valence-electron chi connectivity index (χ2n) is 5.12. The van der Waals surface area contributed by atoms with Crippen LogP contribution in [0.5, 0.6) is 0 Å². The van der Waals surface area contributed by atoms with E-state index in [2.05, 4.69) is 10.6 Å². The van der Waals surface area contributed by atoms with Gasteiger partial charge in [0.2, 0.25) is 0 Å². The fraction of sp³-hybridized carbons (Fsp3) is 0.533. The van der Waals surface area contributed by atoms with Crippen molar-refractivity contribution >= 4 is 28.2 Å². The van der Waals surface area contributed by atoms with E-state index in [1.54, 1.807) is 21.0 Å². The van der Waals surface area contributed by atoms with Gasteiger partial charge >= 0.3 is 0 Å². The van der Waals surface area contributed by atoms with E-state index in [-0.39, 0.29) is 23.2 Å². The highest BCUT2D eigenvalue weighted by molar-refractivity contribution is 7.92. The number of carbonyl (C=O) groups is 1. The van der Waals surface area contributed by atoms with E-state index in [4.69, 9.17) is 4.74 Å². The number of amides is 1. The molecule has 6 nitrogen and oxygen atoms in total. The van der Waals surface area contributed by atoms with E-state index in [0.29, 0.717) is 25.3 Å². The first-order valence-corrected chi connectivity index (χ1v) is 8.76. The van der Waals surface area contributed by atoms with E-state index in [9.17, 15) is 13.2 Å². The predicted molar refractivity (Wildman–Crippen MR) is 93.1 cm³/mol. The summed E-state index contributed by atoms with van der Waals surface area (Å²) in [5.41, 5.74) is 0.444. The number of halogens is 1. The predicted octanol–water partition coefficient (Wildman–Crippen LogP) is 1.26. The minimum atomic E-state index is -3.30. The summed E-state index contributed by atoms with van der Waals surface area (Å²) in [6.07, 6.45) is 0. The van der Waals surface area contributed by atoms with Gasteiger partial charge in [-0.2, -0.15) is 0 Å². The van der Waals surface area contributed by atoms with E-state index in [1.165, 1.54) is 24.3 Å². The van der Waals surface area contributed by atoms with Crippen LogP contribution in [0.4, 0.5) is 0 Å². The van der Waals surface area contributed by atoms with E-state index in [1.807, 2.05) is 0 Å². The van der Waals surface area contributed by atoms with Gasteiger partial charge in [-0.1, -0.05) is 0 Å². The molecular weight excluding hydrogens is 340 g/mol. The van der Waals surface area contributed by atoms with Gasteiger partial charge < -0.3 is 15.4 Å². The summed E-state index contributed by atoms with van der Waals surface area (Å²) in [6.45, 7) is 5.76. The van der Waals surface area contributed by atoms with Crippen LogP contribution >= 0.6 is 12.4 Å². The van der Waals surface area contributed by atoms with Crippen LogP contribution in [0, 0.1) is 0 Å². The van der Waals surface area contributed by atoms with E-state index < -0.39 is 15.1 Å². The van der Waals surface area contributed by atoms with Gasteiger partial charge in [-0.15, -0.1) is 12.4 Å². The van der Waals surface area contributed by atoms with Crippen molar-refractivity contribution in [3.63, 3.8) is 0 Å². The molecule has 0 aliphatic carbocycles. The topological polar surface area (TPSA) is 84.5 Å². The number of methoxy groups -OCH3 is 1. The van der Waals surface area contributed by atoms with Gasteiger partial charge in [0.05, 0.1) is 16.8 Å². The van der Waals surface area contributed by atoms with Gasteiger partial charge in [0, 0.05) is 32.3 Å². The third kappa shape index (κ3) is 6.87. The molecule has 0 atom stereocenters. The highest BCUT2D eigenvalue weighted by Crippen LogP contribution is 2.16. The average molecular weight is 365 g/mol. The summed E-state index contributed by atoms with van der Waals surface area (Å²) in [6, 6.07) is 6.01. The number of benzene rings is 1. The molecule has 0 aliphatic heterocycles. The van der Waals surface area contributed by atoms with Crippen LogP contribution in [0.2, 0.25) is 0 Å². The van der Waals surface area contributed by atoms with Gasteiger partial charge in [-0.05, 0) is 38.1 Å². The third-order valence-corrected chi connectivity index (χ3v) is 5.31. The maximum Gasteiger partial charge on any atom is 0.251 e. The Kier molecular flexibility index (Phi) is 10.1. The Morgan fingerprint density at radius 2 is 1.74 bits per heavy atom. The molecule has 0 radical (unpaired) electrons. The lowest BCUT2D eigenvalue weighted by Gasteiger charge is -2.09. The van der Waals surface area contributed by atoms with Crippen molar-refractivity contribution in [3.05, 3.63) is 29.8 Å². The first-order chi connectivity index (χ1) is 10.4. The standard InChI is InChI=1S/C15H24N2O4S.ClH/c1-12(2)22(19,20)14-6-4-13(5-7-14)15(18)17-9-8-16-10-11-21-3;/h4-7,12,16H,8-11H2,1-3H3,(H,17,18);1H. The Bertz CT molecular complexity index is 574. The lowest BCUT2D eigenvalue weighted by Crippen LogP contribution is -2.33. The van der Waals surface area contributed by atoms with Crippen molar-refractivity contribution in [1.29, 1.82) is 0 Å². The summed E-state index contributed by atoms with van der Waals surface area (Å²) in [7, 11) is -1.67. The summed E-state index contributed by atoms with van der Waals surface area (Å²) in [5, 5.41) is 5.40. The zero-order valence-electron chi connectivity index (χ0n) is 13.7. The van der Waals surface area contributed by atoms with Crippen molar-refractivity contribution in [2.75, 3.05) is 33.4 Å². The van der Waals surface area contributed by atoms with Crippen LogP contribution in [0.3, 0.4) is 0 Å². The first-order valence-electron chi connectivity index (χ1n) is 7.21. The van der Waals surface area contributed by atoms with Crippen molar-refractivity contribution in [2.45, 2.75) is 24.0 Å². The molecule has 0 fully saturated rings. The minimum absolute atomic E-state index is 0. The Labute approximate surface area is 144 Å². The summed E-state index contributed by atoms with van der Waals surface area (Å²) in [5.74, 6) is -0.220. The van der Waals surface area contributed by atoms with Gasteiger partial charge in [0.1, 0.15) is 0 Å². The zero-order chi connectivity index (χ0) is 16.6. The Hall–Kier alpha value is -1.15. The number of hydrogen-bond acceptors (Lipinski definition) is 5. The monoisotopic (exact) mass is 364 g/mol. The molecule has 2 N–H and O–H groups in total. The number of hydrogen-bond donors (Lipinski definition) is 2. The van der Waals surface area contributed by atoms with Crippen LogP contribution < -0.4 is 10.6 Å². The highest BCUT2D eigenvalue weighted by atomic mass is 35.5. The highest BCUT2D eigenvalue weighted by Gasteiger charge is 2.19. The molecule has 0 aromatic heterocycles. The lowest BCUT2D eigenvalue weighted by molar-refractivity contribution is 0.0953. The van der Waals surface area contributed by atoms with E-state index in [0.717, 1.165) is 6.54 Å². The summed E-state index contributed by atoms with van der Waals surface area (Å²) in [4.78, 5) is 12.2. The average Bonchev–Trinajstić information content (AvgIpc) is 2.50. The Balaban J connectivity index is 0.00000484. The maximum atomic E-state index is 12.0. The maximum absolute atomic E-state index is 12.0. The van der Waals surface area contributed by atoms with Crippen molar-refractivity contribution < 1.29 is 17.9 Å². The van der Waals surface area contributed by atoms with Gasteiger partial charge in [0.15, 0.2) is 9.84 Å². The lowest BCUT2D eigenvalue weighted by atomic mass is 10.2. The molecule has 1 aromatic carbocycles. The zero-order valence-corrected chi connectivity index (χ0v) is 15.3. The van der Waals surface area contributed by atoms with Crippen LogP contribution in [-0.4, -0.2) is 52.9 Å². The number of carbonyl (C=O) groups excluding carboxylic acids is 1. The molecule has 1 amide bonds. The second-order valence-corrected chi connectivity index (χ2v) is 7.62. The number of rotatable bonds is 9. The van der Waals surface area contributed by atoms with Crippen molar-refractivity contribution in [3.8, 4) is 0 Å². The molecule has 0 spiro atoms. The molecule has 23 heavy (non-hydrogen) atoms. The molecule has 0 saturated carbocycles. The molecule has 1 rings (SSSR count). The van der Waals surface area contributed by atoms with Crippen LogP contribution in [0.1, 0.15) is 24.2 Å². The minimum Gasteiger partial charge on any atom is -0.383 e. The smallest absolute Gasteiger partial charge is 0.251 e. The van der Waals surface area contributed by atoms with E-state index >= 15 is 0 Å². The first kappa shape index (κ1) is 21.9. The van der Waals surface area contributed by atoms with Crippen molar-refractivity contribution in [2.24, 2.45) is 0 Å². The van der Waals surface area contributed by atoms with Gasteiger partial charge in [0.25, 0.3) is 5.91 Å². The second kappa shape index (κ2) is 10.6. The van der Waals surface area contributed by atoms with Gasteiger partial charge in [-0.3, -0.25) is 4.79 Å². The SMILES string of the molecule is COCCNCCNC(=O)c1ccc(S(=O)(=O)C(C)C)cc1.Cl. The summed E-state index contributed by atoms with van der Waals surface area (Å²) >= 11 is 0. The van der Waals surface area contributed by atoms with Gasteiger partial charge in [-0.25, -0.2) is 8.42 Å². The molecule has 0 unspecified atom stereocenters. The Morgan fingerprint density at radius 1 is 1.13 bits per heavy atom. The largest absolute Gasteiger partial charge is 0.383 e. The molecule has 0 saturated heterocycles.